The fraction of sp³-hybridized carbons (Fsp3) is 0.400. The zero-order chi connectivity index (χ0) is 16.1. The van der Waals surface area contributed by atoms with Crippen LogP contribution in [0.2, 0.25) is 0 Å². The Morgan fingerprint density at radius 3 is 1.73 bits per heavy atom. The van der Waals surface area contributed by atoms with Crippen LogP contribution in [-0.4, -0.2) is 10.2 Å². The zero-order valence-electron chi connectivity index (χ0n) is 13.8. The number of phenols is 2. The number of rotatable bonds is 6. The summed E-state index contributed by atoms with van der Waals surface area (Å²) in [4.78, 5) is 0. The van der Waals surface area contributed by atoms with Gasteiger partial charge in [0.05, 0.1) is 0 Å². The minimum Gasteiger partial charge on any atom is -0.508 e. The van der Waals surface area contributed by atoms with Gasteiger partial charge in [-0.15, -0.1) is 0 Å². The molecule has 2 aromatic carbocycles. The highest BCUT2D eigenvalue weighted by Gasteiger charge is 2.18. The summed E-state index contributed by atoms with van der Waals surface area (Å²) in [6, 6.07) is 11.3. The maximum atomic E-state index is 9.66. The highest BCUT2D eigenvalue weighted by molar-refractivity contribution is 5.45. The first-order chi connectivity index (χ1) is 10.5. The Morgan fingerprint density at radius 2 is 1.32 bits per heavy atom. The Hall–Kier alpha value is -1.96. The number of hydrogen-bond donors (Lipinski definition) is 2. The summed E-state index contributed by atoms with van der Waals surface area (Å²) < 4.78 is 0. The summed E-state index contributed by atoms with van der Waals surface area (Å²) >= 11 is 0. The van der Waals surface area contributed by atoms with Crippen LogP contribution in [-0.2, 0) is 0 Å². The van der Waals surface area contributed by atoms with Crippen LogP contribution >= 0.6 is 0 Å². The quantitative estimate of drug-likeness (QED) is 0.698. The first-order valence-electron chi connectivity index (χ1n) is 8.12. The van der Waals surface area contributed by atoms with Crippen molar-refractivity contribution in [1.82, 2.24) is 0 Å². The molecule has 0 aliphatic heterocycles. The van der Waals surface area contributed by atoms with E-state index >= 15 is 0 Å². The van der Waals surface area contributed by atoms with E-state index in [9.17, 15) is 10.2 Å². The summed E-state index contributed by atoms with van der Waals surface area (Å²) in [5, 5.41) is 19.3. The lowest BCUT2D eigenvalue weighted by atomic mass is 9.82. The second kappa shape index (κ2) is 7.35. The van der Waals surface area contributed by atoms with Gasteiger partial charge < -0.3 is 10.2 Å². The number of hydrogen-bond acceptors (Lipinski definition) is 2. The lowest BCUT2D eigenvalue weighted by Crippen LogP contribution is -2.05. The molecule has 22 heavy (non-hydrogen) atoms. The molecule has 0 aliphatic rings. The van der Waals surface area contributed by atoms with Crippen molar-refractivity contribution in [2.75, 3.05) is 0 Å². The van der Waals surface area contributed by atoms with Crippen LogP contribution in [0.5, 0.6) is 11.5 Å². The van der Waals surface area contributed by atoms with Crippen LogP contribution in [0.15, 0.2) is 36.4 Å². The average molecular weight is 298 g/mol. The van der Waals surface area contributed by atoms with Gasteiger partial charge in [0.15, 0.2) is 0 Å². The second-order valence-corrected chi connectivity index (χ2v) is 6.13. The molecule has 0 atom stereocenters. The summed E-state index contributed by atoms with van der Waals surface area (Å²) in [5.74, 6) is 0.944. The van der Waals surface area contributed by atoms with Gasteiger partial charge in [0, 0.05) is 5.92 Å². The van der Waals surface area contributed by atoms with E-state index in [-0.39, 0.29) is 0 Å². The summed E-state index contributed by atoms with van der Waals surface area (Å²) in [6.07, 6.45) is 4.70. The molecule has 2 rings (SSSR count). The van der Waals surface area contributed by atoms with E-state index in [1.165, 1.54) is 30.4 Å². The molecule has 0 radical (unpaired) electrons. The normalized spacial score (nSPS) is 11.1. The van der Waals surface area contributed by atoms with Gasteiger partial charge in [0.25, 0.3) is 0 Å². The smallest absolute Gasteiger partial charge is 0.115 e. The summed E-state index contributed by atoms with van der Waals surface area (Å²) in [5.41, 5.74) is 4.77. The van der Waals surface area contributed by atoms with Crippen molar-refractivity contribution in [3.8, 4) is 11.5 Å². The highest BCUT2D eigenvalue weighted by Crippen LogP contribution is 2.36. The number of phenolic OH excluding ortho intramolecular Hbond substituents is 2. The van der Waals surface area contributed by atoms with E-state index in [0.29, 0.717) is 17.4 Å². The van der Waals surface area contributed by atoms with Crippen LogP contribution in [0, 0.1) is 13.8 Å². The van der Waals surface area contributed by atoms with E-state index < -0.39 is 0 Å². The molecule has 2 heteroatoms. The first-order valence-corrected chi connectivity index (χ1v) is 8.12. The van der Waals surface area contributed by atoms with Gasteiger partial charge in [0.2, 0.25) is 0 Å². The van der Waals surface area contributed by atoms with Crippen molar-refractivity contribution in [3.05, 3.63) is 58.7 Å². The SMILES string of the molecule is CCCCCC(c1ccc(O)cc1C)c1ccc(O)cc1C. The van der Waals surface area contributed by atoms with Crippen molar-refractivity contribution >= 4 is 0 Å². The molecule has 2 aromatic rings. The molecule has 0 saturated carbocycles. The molecule has 2 N–H and O–H groups in total. The van der Waals surface area contributed by atoms with Crippen LogP contribution in [0.3, 0.4) is 0 Å². The van der Waals surface area contributed by atoms with E-state index in [4.69, 9.17) is 0 Å². The predicted molar refractivity (Wildman–Crippen MR) is 91.7 cm³/mol. The molecule has 0 unspecified atom stereocenters. The van der Waals surface area contributed by atoms with Crippen molar-refractivity contribution in [3.63, 3.8) is 0 Å². The van der Waals surface area contributed by atoms with Crippen LogP contribution in [0.25, 0.3) is 0 Å². The van der Waals surface area contributed by atoms with Crippen molar-refractivity contribution < 1.29 is 10.2 Å². The minimum atomic E-state index is 0.313. The Labute approximate surface area is 133 Å². The lowest BCUT2D eigenvalue weighted by Gasteiger charge is -2.22. The van der Waals surface area contributed by atoms with E-state index in [2.05, 4.69) is 20.8 Å². The molecular weight excluding hydrogens is 272 g/mol. The molecule has 0 bridgehead atoms. The monoisotopic (exact) mass is 298 g/mol. The maximum absolute atomic E-state index is 9.66. The van der Waals surface area contributed by atoms with Crippen molar-refractivity contribution in [2.45, 2.75) is 52.4 Å². The molecule has 0 spiro atoms. The van der Waals surface area contributed by atoms with Gasteiger partial charge in [-0.1, -0.05) is 38.3 Å². The predicted octanol–water partition coefficient (Wildman–Crippen LogP) is 5.43. The second-order valence-electron chi connectivity index (χ2n) is 6.13. The van der Waals surface area contributed by atoms with Gasteiger partial charge in [-0.3, -0.25) is 0 Å². The molecular formula is C20H26O2. The topological polar surface area (TPSA) is 40.5 Å². The van der Waals surface area contributed by atoms with Gasteiger partial charge in [-0.25, -0.2) is 0 Å². The maximum Gasteiger partial charge on any atom is 0.115 e. The molecule has 0 saturated heterocycles. The average Bonchev–Trinajstić information content (AvgIpc) is 2.45. The Kier molecular flexibility index (Phi) is 5.48. The van der Waals surface area contributed by atoms with Gasteiger partial charge in [-0.2, -0.15) is 0 Å². The van der Waals surface area contributed by atoms with Gasteiger partial charge in [-0.05, 0) is 66.8 Å². The number of aryl methyl sites for hydroxylation is 2. The van der Waals surface area contributed by atoms with E-state index in [1.807, 2.05) is 24.3 Å². The lowest BCUT2D eigenvalue weighted by molar-refractivity contribution is 0.474. The van der Waals surface area contributed by atoms with Gasteiger partial charge in [0.1, 0.15) is 11.5 Å². The standard InChI is InChI=1S/C20H26O2/c1-4-5-6-7-20(18-10-8-16(21)12-14(18)2)19-11-9-17(22)13-15(19)3/h8-13,20-22H,4-7H2,1-3H3. The van der Waals surface area contributed by atoms with Crippen molar-refractivity contribution in [2.24, 2.45) is 0 Å². The molecule has 0 aromatic heterocycles. The third kappa shape index (κ3) is 3.82. The number of aromatic hydroxyl groups is 2. The largest absolute Gasteiger partial charge is 0.508 e. The Balaban J connectivity index is 2.41. The molecule has 0 aliphatic carbocycles. The third-order valence-corrected chi connectivity index (χ3v) is 4.35. The van der Waals surface area contributed by atoms with E-state index in [1.54, 1.807) is 12.1 Å². The molecule has 2 nitrogen and oxygen atoms in total. The van der Waals surface area contributed by atoms with Crippen LogP contribution < -0.4 is 0 Å². The minimum absolute atomic E-state index is 0.313. The fourth-order valence-corrected chi connectivity index (χ4v) is 3.18. The Bertz CT molecular complexity index is 580. The van der Waals surface area contributed by atoms with Crippen LogP contribution in [0.4, 0.5) is 0 Å². The molecule has 118 valence electrons. The van der Waals surface area contributed by atoms with Gasteiger partial charge >= 0.3 is 0 Å². The van der Waals surface area contributed by atoms with Crippen LogP contribution in [0.1, 0.15) is 60.8 Å². The zero-order valence-corrected chi connectivity index (χ0v) is 13.8. The number of benzene rings is 2. The van der Waals surface area contributed by atoms with E-state index in [0.717, 1.165) is 17.5 Å². The fourth-order valence-electron chi connectivity index (χ4n) is 3.18. The molecule has 0 heterocycles. The van der Waals surface area contributed by atoms with Crippen molar-refractivity contribution in [1.29, 1.82) is 0 Å². The molecule has 0 amide bonds. The Morgan fingerprint density at radius 1 is 0.818 bits per heavy atom. The number of unbranched alkanes of at least 4 members (excludes halogenated alkanes) is 2. The summed E-state index contributed by atoms with van der Waals surface area (Å²) in [7, 11) is 0. The first kappa shape index (κ1) is 16.4. The summed E-state index contributed by atoms with van der Waals surface area (Å²) in [6.45, 7) is 6.32. The molecule has 0 fully saturated rings. The third-order valence-electron chi connectivity index (χ3n) is 4.35. The highest BCUT2D eigenvalue weighted by atomic mass is 16.3.